The summed E-state index contributed by atoms with van der Waals surface area (Å²) in [6, 6.07) is 0. The maximum Gasteiger partial charge on any atom is 0.254 e. The SMILES string of the molecule is COC(C)(C)C(=O)N1CCN(C)CC1. The van der Waals surface area contributed by atoms with Crippen LogP contribution in [0.15, 0.2) is 0 Å². The summed E-state index contributed by atoms with van der Waals surface area (Å²) in [6.07, 6.45) is 0. The Morgan fingerprint density at radius 3 is 2.14 bits per heavy atom. The van der Waals surface area contributed by atoms with Gasteiger partial charge >= 0.3 is 0 Å². The lowest BCUT2D eigenvalue weighted by Gasteiger charge is -2.36. The van der Waals surface area contributed by atoms with Gasteiger partial charge in [-0.15, -0.1) is 0 Å². The molecular weight excluding hydrogens is 180 g/mol. The molecule has 1 aliphatic rings. The quantitative estimate of drug-likeness (QED) is 0.637. The van der Waals surface area contributed by atoms with E-state index in [2.05, 4.69) is 11.9 Å². The first-order chi connectivity index (χ1) is 6.47. The van der Waals surface area contributed by atoms with Crippen LogP contribution < -0.4 is 0 Å². The number of amides is 1. The molecule has 0 aromatic rings. The molecular formula is C10H20N2O2. The van der Waals surface area contributed by atoms with Gasteiger partial charge in [-0.05, 0) is 20.9 Å². The molecule has 0 atom stereocenters. The van der Waals surface area contributed by atoms with Crippen LogP contribution in [0.1, 0.15) is 13.8 Å². The van der Waals surface area contributed by atoms with E-state index in [1.807, 2.05) is 18.7 Å². The van der Waals surface area contributed by atoms with Gasteiger partial charge in [0.2, 0.25) is 0 Å². The van der Waals surface area contributed by atoms with E-state index in [0.717, 1.165) is 26.2 Å². The van der Waals surface area contributed by atoms with Crippen molar-refractivity contribution >= 4 is 5.91 Å². The first-order valence-electron chi connectivity index (χ1n) is 5.00. The molecule has 1 saturated heterocycles. The van der Waals surface area contributed by atoms with Gasteiger partial charge in [0.15, 0.2) is 0 Å². The first kappa shape index (κ1) is 11.5. The minimum absolute atomic E-state index is 0.0908. The highest BCUT2D eigenvalue weighted by Crippen LogP contribution is 2.13. The maximum absolute atomic E-state index is 11.9. The van der Waals surface area contributed by atoms with Gasteiger partial charge in [-0.3, -0.25) is 4.79 Å². The van der Waals surface area contributed by atoms with Gasteiger partial charge in [0.1, 0.15) is 5.60 Å². The molecule has 0 aromatic carbocycles. The Labute approximate surface area is 85.8 Å². The number of ether oxygens (including phenoxy) is 1. The van der Waals surface area contributed by atoms with Crippen molar-refractivity contribution in [3.63, 3.8) is 0 Å². The average molecular weight is 200 g/mol. The van der Waals surface area contributed by atoms with Crippen molar-refractivity contribution in [3.8, 4) is 0 Å². The Kier molecular flexibility index (Phi) is 3.50. The Morgan fingerprint density at radius 2 is 1.71 bits per heavy atom. The third-order valence-electron chi connectivity index (χ3n) is 2.82. The average Bonchev–Trinajstić information content (AvgIpc) is 2.18. The van der Waals surface area contributed by atoms with Crippen LogP contribution in [-0.4, -0.2) is 61.6 Å². The molecule has 1 aliphatic heterocycles. The van der Waals surface area contributed by atoms with Crippen LogP contribution in [0, 0.1) is 0 Å². The summed E-state index contributed by atoms with van der Waals surface area (Å²) < 4.78 is 5.17. The van der Waals surface area contributed by atoms with E-state index in [0.29, 0.717) is 0 Å². The van der Waals surface area contributed by atoms with Gasteiger partial charge in [0.25, 0.3) is 5.91 Å². The molecule has 1 heterocycles. The third-order valence-corrected chi connectivity index (χ3v) is 2.82. The lowest BCUT2D eigenvalue weighted by Crippen LogP contribution is -2.53. The zero-order valence-corrected chi connectivity index (χ0v) is 9.54. The zero-order valence-electron chi connectivity index (χ0n) is 9.54. The summed E-state index contributed by atoms with van der Waals surface area (Å²) >= 11 is 0. The highest BCUT2D eigenvalue weighted by atomic mass is 16.5. The lowest BCUT2D eigenvalue weighted by molar-refractivity contribution is -0.152. The molecule has 0 N–H and O–H groups in total. The molecule has 1 amide bonds. The van der Waals surface area contributed by atoms with Gasteiger partial charge in [0, 0.05) is 33.3 Å². The largest absolute Gasteiger partial charge is 0.369 e. The summed E-state index contributed by atoms with van der Waals surface area (Å²) in [7, 11) is 3.65. The lowest BCUT2D eigenvalue weighted by atomic mass is 10.1. The highest BCUT2D eigenvalue weighted by molar-refractivity contribution is 5.84. The van der Waals surface area contributed by atoms with Crippen LogP contribution >= 0.6 is 0 Å². The standard InChI is InChI=1S/C10H20N2O2/c1-10(2,14-4)9(13)12-7-5-11(3)6-8-12/h5-8H2,1-4H3. The number of methoxy groups -OCH3 is 1. The van der Waals surface area contributed by atoms with Crippen molar-refractivity contribution in [3.05, 3.63) is 0 Å². The monoisotopic (exact) mass is 200 g/mol. The second-order valence-corrected chi connectivity index (χ2v) is 4.31. The smallest absolute Gasteiger partial charge is 0.254 e. The van der Waals surface area contributed by atoms with E-state index in [1.165, 1.54) is 0 Å². The molecule has 0 bridgehead atoms. The number of rotatable bonds is 2. The van der Waals surface area contributed by atoms with E-state index >= 15 is 0 Å². The van der Waals surface area contributed by atoms with Crippen LogP contribution in [0.25, 0.3) is 0 Å². The van der Waals surface area contributed by atoms with Gasteiger partial charge in [-0.1, -0.05) is 0 Å². The minimum Gasteiger partial charge on any atom is -0.369 e. The number of piperazine rings is 1. The summed E-state index contributed by atoms with van der Waals surface area (Å²) in [5.74, 6) is 0.0908. The van der Waals surface area contributed by atoms with Crippen molar-refractivity contribution in [2.24, 2.45) is 0 Å². The molecule has 4 nitrogen and oxygen atoms in total. The second-order valence-electron chi connectivity index (χ2n) is 4.31. The van der Waals surface area contributed by atoms with Gasteiger partial charge < -0.3 is 14.5 Å². The van der Waals surface area contributed by atoms with E-state index in [9.17, 15) is 4.79 Å². The fourth-order valence-electron chi connectivity index (χ4n) is 1.48. The third kappa shape index (κ3) is 2.45. The molecule has 0 unspecified atom stereocenters. The topological polar surface area (TPSA) is 32.8 Å². The van der Waals surface area contributed by atoms with Gasteiger partial charge in [0.05, 0.1) is 0 Å². The van der Waals surface area contributed by atoms with E-state index in [1.54, 1.807) is 7.11 Å². The van der Waals surface area contributed by atoms with Crippen LogP contribution in [0.2, 0.25) is 0 Å². The molecule has 0 radical (unpaired) electrons. The molecule has 82 valence electrons. The molecule has 0 saturated carbocycles. The normalized spacial score (nSPS) is 19.9. The fraction of sp³-hybridized carbons (Fsp3) is 0.900. The minimum atomic E-state index is -0.685. The number of hydrogen-bond donors (Lipinski definition) is 0. The Bertz CT molecular complexity index is 208. The predicted octanol–water partition coefficient (Wildman–Crippen LogP) is 0.185. The van der Waals surface area contributed by atoms with Crippen LogP contribution in [0.5, 0.6) is 0 Å². The summed E-state index contributed by atoms with van der Waals surface area (Å²) in [5, 5.41) is 0. The van der Waals surface area contributed by atoms with Crippen molar-refractivity contribution < 1.29 is 9.53 Å². The van der Waals surface area contributed by atoms with Crippen LogP contribution in [-0.2, 0) is 9.53 Å². The summed E-state index contributed by atoms with van der Waals surface area (Å²) in [6.45, 7) is 7.14. The molecule has 4 heteroatoms. The van der Waals surface area contributed by atoms with Crippen molar-refractivity contribution in [2.75, 3.05) is 40.3 Å². The molecule has 0 aromatic heterocycles. The van der Waals surface area contributed by atoms with Gasteiger partial charge in [-0.25, -0.2) is 0 Å². The predicted molar refractivity (Wildman–Crippen MR) is 55.2 cm³/mol. The summed E-state index contributed by atoms with van der Waals surface area (Å²) in [4.78, 5) is 16.0. The number of carbonyl (C=O) groups excluding carboxylic acids is 1. The van der Waals surface area contributed by atoms with E-state index in [4.69, 9.17) is 4.74 Å². The van der Waals surface area contributed by atoms with Crippen molar-refractivity contribution in [1.82, 2.24) is 9.80 Å². The number of carbonyl (C=O) groups is 1. The Hall–Kier alpha value is -0.610. The maximum atomic E-state index is 11.9. The number of nitrogens with zero attached hydrogens (tertiary/aromatic N) is 2. The second kappa shape index (κ2) is 4.28. The molecule has 1 rings (SSSR count). The van der Waals surface area contributed by atoms with Crippen LogP contribution in [0.3, 0.4) is 0 Å². The molecule has 0 spiro atoms. The molecule has 0 aliphatic carbocycles. The Morgan fingerprint density at radius 1 is 1.21 bits per heavy atom. The molecule has 14 heavy (non-hydrogen) atoms. The summed E-state index contributed by atoms with van der Waals surface area (Å²) in [5.41, 5.74) is -0.685. The zero-order chi connectivity index (χ0) is 10.8. The number of hydrogen-bond acceptors (Lipinski definition) is 3. The van der Waals surface area contributed by atoms with E-state index < -0.39 is 5.60 Å². The Balaban J connectivity index is 2.54. The van der Waals surface area contributed by atoms with Gasteiger partial charge in [-0.2, -0.15) is 0 Å². The highest BCUT2D eigenvalue weighted by Gasteiger charge is 2.32. The van der Waals surface area contributed by atoms with Crippen LogP contribution in [0.4, 0.5) is 0 Å². The van der Waals surface area contributed by atoms with E-state index in [-0.39, 0.29) is 5.91 Å². The first-order valence-corrected chi connectivity index (χ1v) is 5.00. The van der Waals surface area contributed by atoms with Crippen molar-refractivity contribution in [1.29, 1.82) is 0 Å². The fourth-order valence-corrected chi connectivity index (χ4v) is 1.48. The van der Waals surface area contributed by atoms with Crippen molar-refractivity contribution in [2.45, 2.75) is 19.4 Å². The number of likely N-dealkylation sites (N-methyl/N-ethyl adjacent to an activating group) is 1. The molecule has 1 fully saturated rings.